The summed E-state index contributed by atoms with van der Waals surface area (Å²) in [7, 11) is 0. The van der Waals surface area contributed by atoms with Crippen LogP contribution in [0.15, 0.2) is 24.3 Å². The van der Waals surface area contributed by atoms with Gasteiger partial charge in [-0.3, -0.25) is 0 Å². The Morgan fingerprint density at radius 3 is 2.92 bits per heavy atom. The summed E-state index contributed by atoms with van der Waals surface area (Å²) in [5.41, 5.74) is 1.05. The first-order valence-electron chi connectivity index (χ1n) is 4.22. The van der Waals surface area contributed by atoms with Crippen LogP contribution in [0.1, 0.15) is 12.5 Å². The lowest BCUT2D eigenvalue weighted by Crippen LogP contribution is -2.01. The first-order valence-corrected chi connectivity index (χ1v) is 4.75. The number of hydrogen-bond donors (Lipinski definition) is 0. The molecule has 0 aliphatic rings. The van der Waals surface area contributed by atoms with Gasteiger partial charge in [-0.1, -0.05) is 12.1 Å². The molecule has 0 saturated carbocycles. The van der Waals surface area contributed by atoms with Crippen molar-refractivity contribution >= 4 is 11.6 Å². The summed E-state index contributed by atoms with van der Waals surface area (Å²) in [5, 5.41) is 0. The third-order valence-electron chi connectivity index (χ3n) is 1.57. The largest absolute Gasteiger partial charge is 0.468 e. The Morgan fingerprint density at radius 1 is 1.38 bits per heavy atom. The minimum absolute atomic E-state index is 0.294. The van der Waals surface area contributed by atoms with Crippen molar-refractivity contribution in [2.75, 3.05) is 13.4 Å². The van der Waals surface area contributed by atoms with Gasteiger partial charge in [-0.15, -0.1) is 11.6 Å². The molecule has 0 bridgehead atoms. The van der Waals surface area contributed by atoms with Gasteiger partial charge < -0.3 is 9.47 Å². The highest BCUT2D eigenvalue weighted by Gasteiger charge is 1.94. The van der Waals surface area contributed by atoms with E-state index in [0.29, 0.717) is 19.3 Å². The van der Waals surface area contributed by atoms with Crippen LogP contribution in [0.4, 0.5) is 0 Å². The van der Waals surface area contributed by atoms with Crippen LogP contribution in [-0.4, -0.2) is 13.4 Å². The van der Waals surface area contributed by atoms with Gasteiger partial charge in [-0.2, -0.15) is 0 Å². The zero-order valence-electron chi connectivity index (χ0n) is 7.63. The summed E-state index contributed by atoms with van der Waals surface area (Å²) in [6.07, 6.45) is 0. The van der Waals surface area contributed by atoms with Gasteiger partial charge in [0, 0.05) is 12.5 Å². The van der Waals surface area contributed by atoms with Crippen molar-refractivity contribution in [2.24, 2.45) is 0 Å². The van der Waals surface area contributed by atoms with E-state index in [9.17, 15) is 0 Å². The average Bonchev–Trinajstić information content (AvgIpc) is 2.19. The maximum Gasteiger partial charge on any atom is 0.189 e. The van der Waals surface area contributed by atoms with E-state index in [1.165, 1.54) is 0 Å². The van der Waals surface area contributed by atoms with Gasteiger partial charge >= 0.3 is 0 Å². The predicted octanol–water partition coefficient (Wildman–Crippen LogP) is 2.80. The first kappa shape index (κ1) is 10.4. The normalized spacial score (nSPS) is 10.0. The lowest BCUT2D eigenvalue weighted by molar-refractivity contribution is 0.0224. The molecule has 2 nitrogen and oxygen atoms in total. The molecule has 0 aliphatic heterocycles. The van der Waals surface area contributed by atoms with Crippen molar-refractivity contribution in [1.82, 2.24) is 0 Å². The first-order chi connectivity index (χ1) is 6.36. The molecule has 1 rings (SSSR count). The van der Waals surface area contributed by atoms with Crippen LogP contribution in [0.5, 0.6) is 5.75 Å². The highest BCUT2D eigenvalue weighted by Crippen LogP contribution is 2.14. The standard InChI is InChI=1S/C10H13ClO2/c1-2-12-8-13-10-5-3-4-9(6-10)7-11/h3-6H,2,7-8H2,1H3. The SMILES string of the molecule is CCOCOc1cccc(CCl)c1. The van der Waals surface area contributed by atoms with Crippen LogP contribution in [0.25, 0.3) is 0 Å². The molecule has 0 saturated heterocycles. The minimum atomic E-state index is 0.294. The zero-order chi connectivity index (χ0) is 9.52. The van der Waals surface area contributed by atoms with Crippen molar-refractivity contribution < 1.29 is 9.47 Å². The van der Waals surface area contributed by atoms with Crippen LogP contribution in [0.3, 0.4) is 0 Å². The second-order valence-corrected chi connectivity index (χ2v) is 2.80. The molecule has 13 heavy (non-hydrogen) atoms. The second-order valence-electron chi connectivity index (χ2n) is 2.54. The molecule has 0 radical (unpaired) electrons. The molecule has 0 fully saturated rings. The minimum Gasteiger partial charge on any atom is -0.468 e. The lowest BCUT2D eigenvalue weighted by Gasteiger charge is -2.06. The number of alkyl halides is 1. The highest BCUT2D eigenvalue weighted by molar-refractivity contribution is 6.17. The summed E-state index contributed by atoms with van der Waals surface area (Å²) in [6.45, 7) is 2.88. The van der Waals surface area contributed by atoms with Crippen molar-refractivity contribution in [3.8, 4) is 5.75 Å². The number of halogens is 1. The number of hydrogen-bond acceptors (Lipinski definition) is 2. The van der Waals surface area contributed by atoms with E-state index < -0.39 is 0 Å². The number of ether oxygens (including phenoxy) is 2. The molecule has 3 heteroatoms. The smallest absolute Gasteiger partial charge is 0.189 e. The van der Waals surface area contributed by atoms with Gasteiger partial charge in [0.1, 0.15) is 5.75 Å². The zero-order valence-corrected chi connectivity index (χ0v) is 8.38. The summed E-state index contributed by atoms with van der Waals surface area (Å²) in [4.78, 5) is 0. The summed E-state index contributed by atoms with van der Waals surface area (Å²) >= 11 is 5.67. The predicted molar refractivity (Wildman–Crippen MR) is 53.1 cm³/mol. The molecule has 1 aromatic carbocycles. The van der Waals surface area contributed by atoms with Crippen LogP contribution in [-0.2, 0) is 10.6 Å². The van der Waals surface area contributed by atoms with Crippen LogP contribution < -0.4 is 4.74 Å². The van der Waals surface area contributed by atoms with Crippen LogP contribution in [0, 0.1) is 0 Å². The Kier molecular flexibility index (Phi) is 4.65. The van der Waals surface area contributed by atoms with Gasteiger partial charge in [0.25, 0.3) is 0 Å². The maximum absolute atomic E-state index is 5.67. The Labute approximate surface area is 83.4 Å². The molecular formula is C10H13ClO2. The monoisotopic (exact) mass is 200 g/mol. The van der Waals surface area contributed by atoms with E-state index in [2.05, 4.69) is 0 Å². The van der Waals surface area contributed by atoms with E-state index in [1.54, 1.807) is 0 Å². The molecular weight excluding hydrogens is 188 g/mol. The summed E-state index contributed by atoms with van der Waals surface area (Å²) in [6, 6.07) is 7.67. The van der Waals surface area contributed by atoms with Gasteiger partial charge in [0.15, 0.2) is 6.79 Å². The lowest BCUT2D eigenvalue weighted by atomic mass is 10.2. The Morgan fingerprint density at radius 2 is 2.23 bits per heavy atom. The molecule has 0 heterocycles. The van der Waals surface area contributed by atoms with Crippen LogP contribution in [0.2, 0.25) is 0 Å². The fourth-order valence-electron chi connectivity index (χ4n) is 0.911. The highest BCUT2D eigenvalue weighted by atomic mass is 35.5. The van der Waals surface area contributed by atoms with E-state index in [1.807, 2.05) is 31.2 Å². The van der Waals surface area contributed by atoms with Gasteiger partial charge in [-0.25, -0.2) is 0 Å². The molecule has 0 aromatic heterocycles. The van der Waals surface area contributed by atoms with Crippen molar-refractivity contribution in [1.29, 1.82) is 0 Å². The third kappa shape index (κ3) is 3.66. The molecule has 0 amide bonds. The maximum atomic E-state index is 5.67. The molecule has 0 unspecified atom stereocenters. The molecule has 1 aromatic rings. The van der Waals surface area contributed by atoms with Gasteiger partial charge in [0.2, 0.25) is 0 Å². The molecule has 0 aliphatic carbocycles. The Bertz CT molecular complexity index is 250. The summed E-state index contributed by atoms with van der Waals surface area (Å²) in [5.74, 6) is 1.30. The molecule has 72 valence electrons. The average molecular weight is 201 g/mol. The van der Waals surface area contributed by atoms with Crippen LogP contribution >= 0.6 is 11.6 Å². The van der Waals surface area contributed by atoms with Crippen molar-refractivity contribution in [3.05, 3.63) is 29.8 Å². The number of benzene rings is 1. The molecule has 0 atom stereocenters. The quantitative estimate of drug-likeness (QED) is 0.414. The van der Waals surface area contributed by atoms with E-state index in [-0.39, 0.29) is 0 Å². The fourth-order valence-corrected chi connectivity index (χ4v) is 1.08. The molecule has 0 spiro atoms. The van der Waals surface area contributed by atoms with Crippen molar-refractivity contribution in [3.63, 3.8) is 0 Å². The fraction of sp³-hybridized carbons (Fsp3) is 0.400. The Balaban J connectivity index is 2.46. The van der Waals surface area contributed by atoms with E-state index in [4.69, 9.17) is 21.1 Å². The molecule has 0 N–H and O–H groups in total. The van der Waals surface area contributed by atoms with Gasteiger partial charge in [0.05, 0.1) is 0 Å². The van der Waals surface area contributed by atoms with Crippen molar-refractivity contribution in [2.45, 2.75) is 12.8 Å². The van der Waals surface area contributed by atoms with E-state index in [0.717, 1.165) is 11.3 Å². The topological polar surface area (TPSA) is 18.5 Å². The van der Waals surface area contributed by atoms with E-state index >= 15 is 0 Å². The van der Waals surface area contributed by atoms with Gasteiger partial charge in [-0.05, 0) is 24.6 Å². The number of rotatable bonds is 5. The Hall–Kier alpha value is -0.730. The summed E-state index contributed by atoms with van der Waals surface area (Å²) < 4.78 is 10.4. The third-order valence-corrected chi connectivity index (χ3v) is 1.87. The second kappa shape index (κ2) is 5.84.